The molecule has 2 atom stereocenters. The summed E-state index contributed by atoms with van der Waals surface area (Å²) in [7, 11) is -3.65. The second-order valence-electron chi connectivity index (χ2n) is 8.29. The van der Waals surface area contributed by atoms with Crippen LogP contribution < -0.4 is 5.32 Å². The van der Waals surface area contributed by atoms with Crippen LogP contribution in [0, 0.1) is 11.7 Å². The maximum atomic E-state index is 13.1. The lowest BCUT2D eigenvalue weighted by molar-refractivity contribution is -0.126. The molecule has 3 rings (SSSR count). The molecular formula is C21H32FN3O4S. The van der Waals surface area contributed by atoms with Gasteiger partial charge in [-0.05, 0) is 57.4 Å². The first-order chi connectivity index (χ1) is 14.3. The molecule has 0 bridgehead atoms. The molecular weight excluding hydrogens is 409 g/mol. The fourth-order valence-corrected chi connectivity index (χ4v) is 5.71. The van der Waals surface area contributed by atoms with Crippen LogP contribution in [0.1, 0.15) is 33.1 Å². The lowest BCUT2D eigenvalue weighted by atomic mass is 9.97. The van der Waals surface area contributed by atoms with Crippen LogP contribution in [-0.2, 0) is 19.6 Å². The lowest BCUT2D eigenvalue weighted by Gasteiger charge is -2.35. The van der Waals surface area contributed by atoms with Crippen molar-refractivity contribution >= 4 is 15.9 Å². The number of halogens is 1. The third kappa shape index (κ3) is 6.00. The maximum Gasteiger partial charge on any atom is 0.243 e. The Labute approximate surface area is 178 Å². The third-order valence-corrected chi connectivity index (χ3v) is 7.63. The van der Waals surface area contributed by atoms with E-state index in [1.807, 2.05) is 0 Å². The predicted octanol–water partition coefficient (Wildman–Crippen LogP) is 1.84. The normalized spacial score (nSPS) is 24.6. The Morgan fingerprint density at radius 1 is 1.13 bits per heavy atom. The fourth-order valence-electron chi connectivity index (χ4n) is 4.24. The molecule has 0 radical (unpaired) electrons. The lowest BCUT2D eigenvalue weighted by Crippen LogP contribution is -2.46. The molecule has 30 heavy (non-hydrogen) atoms. The molecule has 1 aromatic rings. The van der Waals surface area contributed by atoms with E-state index < -0.39 is 15.8 Å². The van der Waals surface area contributed by atoms with Gasteiger partial charge in [0.2, 0.25) is 15.9 Å². The number of nitrogens with one attached hydrogen (secondary N) is 1. The second kappa shape index (κ2) is 10.2. The van der Waals surface area contributed by atoms with Crippen LogP contribution in [0.15, 0.2) is 29.2 Å². The number of amides is 1. The molecule has 2 heterocycles. The number of benzene rings is 1. The van der Waals surface area contributed by atoms with Crippen LogP contribution in [0.4, 0.5) is 4.39 Å². The van der Waals surface area contributed by atoms with Crippen molar-refractivity contribution in [1.29, 1.82) is 0 Å². The van der Waals surface area contributed by atoms with Gasteiger partial charge in [-0.25, -0.2) is 12.8 Å². The average Bonchev–Trinajstić information content (AvgIpc) is 2.71. The number of nitrogens with zero attached hydrogens (tertiary/aromatic N) is 2. The van der Waals surface area contributed by atoms with Crippen molar-refractivity contribution in [3.63, 3.8) is 0 Å². The Bertz CT molecular complexity index is 800. The molecule has 1 amide bonds. The molecule has 2 saturated heterocycles. The summed E-state index contributed by atoms with van der Waals surface area (Å²) >= 11 is 0. The zero-order valence-corrected chi connectivity index (χ0v) is 18.5. The highest BCUT2D eigenvalue weighted by Gasteiger charge is 2.32. The molecule has 0 saturated carbocycles. The minimum atomic E-state index is -3.65. The van der Waals surface area contributed by atoms with Crippen molar-refractivity contribution in [1.82, 2.24) is 14.5 Å². The van der Waals surface area contributed by atoms with Gasteiger partial charge in [-0.1, -0.05) is 0 Å². The van der Waals surface area contributed by atoms with Crippen molar-refractivity contribution in [3.8, 4) is 0 Å². The van der Waals surface area contributed by atoms with E-state index in [0.29, 0.717) is 32.5 Å². The summed E-state index contributed by atoms with van der Waals surface area (Å²) in [5, 5.41) is 3.00. The Morgan fingerprint density at radius 2 is 1.73 bits per heavy atom. The number of carbonyl (C=O) groups is 1. The highest BCUT2D eigenvalue weighted by Crippen LogP contribution is 2.24. The number of piperidine rings is 1. The summed E-state index contributed by atoms with van der Waals surface area (Å²) in [5.41, 5.74) is 0. The van der Waals surface area contributed by atoms with Gasteiger partial charge in [0.05, 0.1) is 17.1 Å². The molecule has 0 spiro atoms. The summed E-state index contributed by atoms with van der Waals surface area (Å²) in [5.74, 6) is -0.646. The predicted molar refractivity (Wildman–Crippen MR) is 112 cm³/mol. The minimum Gasteiger partial charge on any atom is -0.373 e. The number of hydrogen-bond donors (Lipinski definition) is 1. The van der Waals surface area contributed by atoms with E-state index in [2.05, 4.69) is 24.1 Å². The molecule has 0 aromatic heterocycles. The van der Waals surface area contributed by atoms with Crippen molar-refractivity contribution in [2.75, 3.05) is 39.3 Å². The average molecular weight is 442 g/mol. The SMILES string of the molecule is C[C@@H]1CN(CCCNC(=O)C2CCN(S(=O)(=O)c3ccc(F)cc3)CC2)C[C@H](C)O1. The van der Waals surface area contributed by atoms with E-state index in [4.69, 9.17) is 4.74 Å². The van der Waals surface area contributed by atoms with Gasteiger partial charge in [0, 0.05) is 45.2 Å². The largest absolute Gasteiger partial charge is 0.373 e. The van der Waals surface area contributed by atoms with Gasteiger partial charge >= 0.3 is 0 Å². The van der Waals surface area contributed by atoms with Gasteiger partial charge in [-0.3, -0.25) is 9.69 Å². The summed E-state index contributed by atoms with van der Waals surface area (Å²) in [4.78, 5) is 14.9. The summed E-state index contributed by atoms with van der Waals surface area (Å²) in [6.07, 6.45) is 2.33. The van der Waals surface area contributed by atoms with Gasteiger partial charge in [0.15, 0.2) is 0 Å². The number of morpholine rings is 1. The van der Waals surface area contributed by atoms with Crippen LogP contribution >= 0.6 is 0 Å². The molecule has 2 aliphatic heterocycles. The summed E-state index contributed by atoms with van der Waals surface area (Å²) in [6, 6.07) is 4.84. The number of carbonyl (C=O) groups excluding carboxylic acids is 1. The Hall–Kier alpha value is -1.55. The summed E-state index contributed by atoms with van der Waals surface area (Å²) < 4.78 is 45.5. The standard InChI is InChI=1S/C21H32FN3O4S/c1-16-14-24(15-17(2)29-16)11-3-10-23-21(26)18-8-12-25(13-9-18)30(27,28)20-6-4-19(22)5-7-20/h4-7,16-18H,3,8-15H2,1-2H3,(H,23,26)/t16-,17+. The Morgan fingerprint density at radius 3 is 2.33 bits per heavy atom. The number of sulfonamides is 1. The van der Waals surface area contributed by atoms with Crippen LogP contribution in [-0.4, -0.2) is 75.0 Å². The highest BCUT2D eigenvalue weighted by atomic mass is 32.2. The van der Waals surface area contributed by atoms with Crippen molar-refractivity contribution < 1.29 is 22.3 Å². The quantitative estimate of drug-likeness (QED) is 0.654. The van der Waals surface area contributed by atoms with Crippen molar-refractivity contribution in [3.05, 3.63) is 30.1 Å². The molecule has 1 N–H and O–H groups in total. The van der Waals surface area contributed by atoms with E-state index in [1.165, 1.54) is 16.4 Å². The van der Waals surface area contributed by atoms with Crippen LogP contribution in [0.5, 0.6) is 0 Å². The first-order valence-electron chi connectivity index (χ1n) is 10.7. The topological polar surface area (TPSA) is 79.0 Å². The molecule has 1 aromatic carbocycles. The molecule has 0 aliphatic carbocycles. The molecule has 2 aliphatic rings. The van der Waals surface area contributed by atoms with Crippen molar-refractivity contribution in [2.24, 2.45) is 5.92 Å². The molecule has 7 nitrogen and oxygen atoms in total. The van der Waals surface area contributed by atoms with Crippen LogP contribution in [0.25, 0.3) is 0 Å². The van der Waals surface area contributed by atoms with Gasteiger partial charge in [-0.15, -0.1) is 0 Å². The molecule has 0 unspecified atom stereocenters. The molecule has 9 heteroatoms. The van der Waals surface area contributed by atoms with Gasteiger partial charge in [0.1, 0.15) is 5.82 Å². The highest BCUT2D eigenvalue weighted by molar-refractivity contribution is 7.89. The van der Waals surface area contributed by atoms with Crippen LogP contribution in [0.2, 0.25) is 0 Å². The zero-order chi connectivity index (χ0) is 21.7. The van der Waals surface area contributed by atoms with Gasteiger partial charge < -0.3 is 10.1 Å². The van der Waals surface area contributed by atoms with E-state index in [-0.39, 0.29) is 28.9 Å². The van der Waals surface area contributed by atoms with E-state index in [0.717, 1.165) is 38.2 Å². The summed E-state index contributed by atoms with van der Waals surface area (Å²) in [6.45, 7) is 8.11. The second-order valence-corrected chi connectivity index (χ2v) is 10.2. The first kappa shape index (κ1) is 23.1. The minimum absolute atomic E-state index is 0.00227. The number of rotatable bonds is 7. The van der Waals surface area contributed by atoms with E-state index in [9.17, 15) is 17.6 Å². The number of ether oxygens (including phenoxy) is 1. The Kier molecular flexibility index (Phi) is 7.84. The zero-order valence-electron chi connectivity index (χ0n) is 17.7. The monoisotopic (exact) mass is 441 g/mol. The molecule has 2 fully saturated rings. The maximum absolute atomic E-state index is 13.1. The van der Waals surface area contributed by atoms with Crippen molar-refractivity contribution in [2.45, 2.75) is 50.2 Å². The van der Waals surface area contributed by atoms with Gasteiger partial charge in [0.25, 0.3) is 0 Å². The van der Waals surface area contributed by atoms with Crippen LogP contribution in [0.3, 0.4) is 0 Å². The van der Waals surface area contributed by atoms with E-state index >= 15 is 0 Å². The first-order valence-corrected chi connectivity index (χ1v) is 12.1. The van der Waals surface area contributed by atoms with Gasteiger partial charge in [-0.2, -0.15) is 4.31 Å². The Balaban J connectivity index is 1.39. The smallest absolute Gasteiger partial charge is 0.243 e. The molecule has 168 valence electrons. The van der Waals surface area contributed by atoms with E-state index in [1.54, 1.807) is 0 Å². The number of hydrogen-bond acceptors (Lipinski definition) is 5. The fraction of sp³-hybridized carbons (Fsp3) is 0.667. The third-order valence-electron chi connectivity index (χ3n) is 5.72.